The number of hydrogen-bond acceptors (Lipinski definition) is 5. The Morgan fingerprint density at radius 1 is 0.969 bits per heavy atom. The van der Waals surface area contributed by atoms with Crippen LogP contribution in [-0.2, 0) is 19.7 Å². The van der Waals surface area contributed by atoms with E-state index in [4.69, 9.17) is 11.6 Å². The first kappa shape index (κ1) is 26.2. The van der Waals surface area contributed by atoms with Crippen molar-refractivity contribution in [1.29, 1.82) is 0 Å². The number of nitrogens with zero attached hydrogens (tertiary/aromatic N) is 1. The summed E-state index contributed by atoms with van der Waals surface area (Å²) in [7, 11) is -8.20. The van der Waals surface area contributed by atoms with E-state index in [0.717, 1.165) is 5.56 Å². The lowest BCUT2D eigenvalue weighted by atomic mass is 10.00. The number of carbonyl (C=O) groups is 1. The number of pyridine rings is 1. The molecular formula is C23H29ClNO5S2+. The monoisotopic (exact) mass is 498 g/mol. The number of rotatable bonds is 10. The molecule has 0 spiro atoms. The van der Waals surface area contributed by atoms with Gasteiger partial charge in [-0.05, 0) is 32.3 Å². The zero-order valence-corrected chi connectivity index (χ0v) is 21.1. The van der Waals surface area contributed by atoms with Crippen molar-refractivity contribution in [2.45, 2.75) is 45.2 Å². The minimum atomic E-state index is -4.17. The fourth-order valence-electron chi connectivity index (χ4n) is 3.43. The number of alkyl halides is 1. The average Bonchev–Trinajstić information content (AvgIpc) is 2.71. The van der Waals surface area contributed by atoms with Crippen LogP contribution in [0.4, 0.5) is 0 Å². The van der Waals surface area contributed by atoms with Gasteiger partial charge in [0.15, 0.2) is 41.7 Å². The van der Waals surface area contributed by atoms with Crippen LogP contribution in [0.2, 0.25) is 0 Å². The van der Waals surface area contributed by atoms with Crippen LogP contribution in [0.3, 0.4) is 0 Å². The largest absolute Gasteiger partial charge is 0.282 e. The number of ketones is 1. The van der Waals surface area contributed by atoms with Gasteiger partial charge in [0.2, 0.25) is 0 Å². The molecule has 0 aliphatic heterocycles. The summed E-state index contributed by atoms with van der Waals surface area (Å²) in [5, 5.41) is 0. The highest BCUT2D eigenvalue weighted by Crippen LogP contribution is 2.30. The zero-order valence-electron chi connectivity index (χ0n) is 18.7. The predicted molar refractivity (Wildman–Crippen MR) is 128 cm³/mol. The van der Waals surface area contributed by atoms with Gasteiger partial charge >= 0.3 is 0 Å². The van der Waals surface area contributed by atoms with E-state index in [0.29, 0.717) is 5.56 Å². The van der Waals surface area contributed by atoms with Crippen LogP contribution < -0.4 is 4.57 Å². The molecule has 9 heteroatoms. The summed E-state index contributed by atoms with van der Waals surface area (Å²) in [6.07, 6.45) is 3.53. The normalized spacial score (nSPS) is 14.0. The Hall–Kier alpha value is -2.03. The molecule has 1 aromatic carbocycles. The summed E-state index contributed by atoms with van der Waals surface area (Å²) in [4.78, 5) is 13.2. The first-order chi connectivity index (χ1) is 15.0. The maximum absolute atomic E-state index is 13.8. The van der Waals surface area contributed by atoms with E-state index in [1.54, 1.807) is 51.1 Å². The molecule has 0 aliphatic rings. The van der Waals surface area contributed by atoms with Gasteiger partial charge in [0.1, 0.15) is 0 Å². The highest BCUT2D eigenvalue weighted by Gasteiger charge is 2.43. The molecule has 6 nitrogen and oxygen atoms in total. The van der Waals surface area contributed by atoms with Crippen molar-refractivity contribution < 1.29 is 26.2 Å². The van der Waals surface area contributed by atoms with Crippen molar-refractivity contribution >= 4 is 42.8 Å². The van der Waals surface area contributed by atoms with Gasteiger partial charge in [-0.2, -0.15) is 4.57 Å². The molecule has 0 N–H and O–H groups in total. The summed E-state index contributed by atoms with van der Waals surface area (Å²) in [5.41, 5.74) is 1.60. The molecule has 1 aromatic heterocycles. The lowest BCUT2D eigenvalue weighted by molar-refractivity contribution is -0.577. The van der Waals surface area contributed by atoms with Crippen molar-refractivity contribution in [3.05, 3.63) is 70.4 Å². The Morgan fingerprint density at radius 2 is 1.56 bits per heavy atom. The van der Waals surface area contributed by atoms with E-state index >= 15 is 0 Å². The van der Waals surface area contributed by atoms with Gasteiger partial charge in [-0.15, -0.1) is 0 Å². The second kappa shape index (κ2) is 10.7. The third-order valence-electron chi connectivity index (χ3n) is 4.87. The maximum atomic E-state index is 13.8. The SMILES string of the molecule is CCCS(=O)(=O)/C(=C(\C(=O)c1ccc(C)cc1C)[n+]1ccccc1)[C@H](Cl)S(=O)(=O)CCC. The number of allylic oxidation sites excluding steroid dienone is 1. The van der Waals surface area contributed by atoms with E-state index < -0.39 is 35.1 Å². The van der Waals surface area contributed by atoms with Crippen LogP contribution in [0.1, 0.15) is 48.2 Å². The second-order valence-electron chi connectivity index (χ2n) is 7.65. The Labute approximate surface area is 195 Å². The first-order valence-corrected chi connectivity index (χ1v) is 14.2. The Balaban J connectivity index is 2.98. The molecule has 0 unspecified atom stereocenters. The van der Waals surface area contributed by atoms with Crippen molar-refractivity contribution in [3.63, 3.8) is 0 Å². The number of sulfone groups is 2. The molecule has 2 aromatic rings. The molecule has 0 aliphatic carbocycles. The summed E-state index contributed by atoms with van der Waals surface area (Å²) in [5.74, 6) is -1.23. The molecule has 1 heterocycles. The smallest absolute Gasteiger partial charge is 0.276 e. The van der Waals surface area contributed by atoms with Crippen molar-refractivity contribution in [2.75, 3.05) is 11.5 Å². The average molecular weight is 499 g/mol. The lowest BCUT2D eigenvalue weighted by Crippen LogP contribution is -2.41. The zero-order chi connectivity index (χ0) is 24.1. The predicted octanol–water partition coefficient (Wildman–Crippen LogP) is 3.86. The highest BCUT2D eigenvalue weighted by molar-refractivity contribution is 7.99. The molecule has 0 radical (unpaired) electrons. The molecule has 1 atom stereocenters. The van der Waals surface area contributed by atoms with Gasteiger partial charge in [0.05, 0.1) is 11.5 Å². The molecule has 0 saturated carbocycles. The summed E-state index contributed by atoms with van der Waals surface area (Å²) in [6, 6.07) is 10.1. The summed E-state index contributed by atoms with van der Waals surface area (Å²) in [6.45, 7) is 6.96. The second-order valence-corrected chi connectivity index (χ2v) is 12.6. The Morgan fingerprint density at radius 3 is 2.09 bits per heavy atom. The molecule has 32 heavy (non-hydrogen) atoms. The Kier molecular flexibility index (Phi) is 8.79. The van der Waals surface area contributed by atoms with Gasteiger partial charge in [0, 0.05) is 17.7 Å². The molecule has 0 bridgehead atoms. The highest BCUT2D eigenvalue weighted by atomic mass is 35.5. The minimum absolute atomic E-state index is 0.244. The molecule has 0 amide bonds. The number of hydrogen-bond donors (Lipinski definition) is 0. The number of aromatic nitrogens is 1. The van der Waals surface area contributed by atoms with E-state index in [2.05, 4.69) is 0 Å². The molecule has 0 saturated heterocycles. The quantitative estimate of drug-likeness (QED) is 0.215. The minimum Gasteiger partial charge on any atom is -0.282 e. The molecule has 0 fully saturated rings. The Bertz CT molecular complexity index is 1220. The number of halogens is 1. The number of carbonyl (C=O) groups excluding carboxylic acids is 1. The fraction of sp³-hybridized carbons (Fsp3) is 0.391. The number of benzene rings is 1. The van der Waals surface area contributed by atoms with Crippen molar-refractivity contribution in [2.24, 2.45) is 0 Å². The lowest BCUT2D eigenvalue weighted by Gasteiger charge is -2.17. The van der Waals surface area contributed by atoms with Gasteiger partial charge < -0.3 is 0 Å². The van der Waals surface area contributed by atoms with Crippen LogP contribution in [0.5, 0.6) is 0 Å². The molecular weight excluding hydrogens is 470 g/mol. The van der Waals surface area contributed by atoms with Gasteiger partial charge in [-0.25, -0.2) is 16.8 Å². The van der Waals surface area contributed by atoms with Crippen molar-refractivity contribution in [3.8, 4) is 0 Å². The van der Waals surface area contributed by atoms with Crippen LogP contribution in [0.15, 0.2) is 53.7 Å². The van der Waals surface area contributed by atoms with E-state index in [-0.39, 0.29) is 35.6 Å². The molecule has 174 valence electrons. The van der Waals surface area contributed by atoms with Gasteiger partial charge in [0.25, 0.3) is 11.5 Å². The van der Waals surface area contributed by atoms with Crippen LogP contribution >= 0.6 is 11.6 Å². The third-order valence-corrected chi connectivity index (χ3v) is 10.1. The topological polar surface area (TPSA) is 89.2 Å². The fourth-order valence-corrected chi connectivity index (χ4v) is 7.83. The standard InChI is InChI=1S/C23H29ClNO5S2/c1-5-14-31(27,28)22(23(24)32(29,30)15-6-2)20(25-12-8-7-9-13-25)21(26)19-11-10-17(3)16-18(19)4/h7-13,16,23H,5-6,14-15H2,1-4H3/q+1/b22-20+/t23-/m1/s1. The third kappa shape index (κ3) is 5.85. The van der Waals surface area contributed by atoms with E-state index in [9.17, 15) is 21.6 Å². The number of aryl methyl sites for hydroxylation is 2. The van der Waals surface area contributed by atoms with Crippen LogP contribution in [-0.4, -0.2) is 38.8 Å². The van der Waals surface area contributed by atoms with E-state index in [1.165, 1.54) is 17.0 Å². The molecule has 2 rings (SSSR count). The van der Waals surface area contributed by atoms with Gasteiger partial charge in [-0.1, -0.05) is 55.3 Å². The first-order valence-electron chi connectivity index (χ1n) is 10.4. The van der Waals surface area contributed by atoms with Crippen molar-refractivity contribution in [1.82, 2.24) is 0 Å². The van der Waals surface area contributed by atoms with Crippen LogP contribution in [0.25, 0.3) is 5.70 Å². The summed E-state index contributed by atoms with van der Waals surface area (Å²) < 4.78 is 51.9. The number of Topliss-reactive ketones (excluding diaryl/α,β-unsaturated/α-hetero) is 1. The van der Waals surface area contributed by atoms with Crippen LogP contribution in [0, 0.1) is 13.8 Å². The summed E-state index contributed by atoms with van der Waals surface area (Å²) >= 11 is 6.39. The van der Waals surface area contributed by atoms with E-state index in [1.807, 2.05) is 13.0 Å². The van der Waals surface area contributed by atoms with Gasteiger partial charge in [-0.3, -0.25) is 4.79 Å². The maximum Gasteiger partial charge on any atom is 0.276 e.